The van der Waals surface area contributed by atoms with E-state index >= 15 is 0 Å². The summed E-state index contributed by atoms with van der Waals surface area (Å²) in [6.07, 6.45) is -3.55. The summed E-state index contributed by atoms with van der Waals surface area (Å²) in [5, 5.41) is 10.3. The lowest BCUT2D eigenvalue weighted by Crippen LogP contribution is -2.40. The molecule has 116 valence electrons. The average molecular weight is 331 g/mol. The van der Waals surface area contributed by atoms with Gasteiger partial charge < -0.3 is 5.11 Å². The molecule has 1 unspecified atom stereocenters. The molecule has 0 aliphatic heterocycles. The van der Waals surface area contributed by atoms with E-state index in [1.54, 1.807) is 0 Å². The van der Waals surface area contributed by atoms with Crippen LogP contribution in [0.4, 0.5) is 17.6 Å². The number of hydrogen-bond donors (Lipinski definition) is 1. The molecule has 0 fully saturated rings. The molecule has 2 aromatic rings. The highest BCUT2D eigenvalue weighted by molar-refractivity contribution is 6.30. The number of rotatable bonds is 3. The minimum atomic E-state index is -4.97. The predicted molar refractivity (Wildman–Crippen MR) is 76.8 cm³/mol. The maximum atomic E-state index is 13.5. The summed E-state index contributed by atoms with van der Waals surface area (Å²) in [4.78, 5) is 0. The Hall–Kier alpha value is -1.85. The van der Waals surface area contributed by atoms with Crippen molar-refractivity contribution >= 4 is 17.7 Å². The lowest BCUT2D eigenvalue weighted by Gasteiger charge is -2.28. The highest BCUT2D eigenvalue weighted by atomic mass is 35.5. The van der Waals surface area contributed by atoms with Crippen molar-refractivity contribution < 1.29 is 22.7 Å². The number of alkyl halides is 3. The van der Waals surface area contributed by atoms with E-state index in [1.807, 2.05) is 0 Å². The predicted octanol–water partition coefficient (Wildman–Crippen LogP) is 4.94. The number of benzene rings is 2. The monoisotopic (exact) mass is 330 g/mol. The van der Waals surface area contributed by atoms with Gasteiger partial charge in [0.25, 0.3) is 0 Å². The molecule has 0 aromatic heterocycles. The van der Waals surface area contributed by atoms with Crippen LogP contribution in [0.2, 0.25) is 5.02 Å². The van der Waals surface area contributed by atoms with Gasteiger partial charge in [0.15, 0.2) is 0 Å². The number of hydrogen-bond acceptors (Lipinski definition) is 1. The van der Waals surface area contributed by atoms with Crippen molar-refractivity contribution in [1.82, 2.24) is 0 Å². The Morgan fingerprint density at radius 3 is 2.09 bits per heavy atom. The Morgan fingerprint density at radius 1 is 0.955 bits per heavy atom. The largest absolute Gasteiger partial charge is 0.425 e. The lowest BCUT2D eigenvalue weighted by molar-refractivity contribution is -0.244. The Bertz CT molecular complexity index is 679. The van der Waals surface area contributed by atoms with E-state index in [9.17, 15) is 22.7 Å². The molecule has 0 radical (unpaired) electrons. The zero-order chi connectivity index (χ0) is 16.4. The van der Waals surface area contributed by atoms with Gasteiger partial charge in [-0.05, 0) is 29.8 Å². The summed E-state index contributed by atoms with van der Waals surface area (Å²) < 4.78 is 53.3. The molecule has 0 heterocycles. The van der Waals surface area contributed by atoms with E-state index < -0.39 is 23.2 Å². The van der Waals surface area contributed by atoms with E-state index in [2.05, 4.69) is 0 Å². The molecular weight excluding hydrogens is 320 g/mol. The highest BCUT2D eigenvalue weighted by Gasteiger charge is 2.53. The van der Waals surface area contributed by atoms with Crippen LogP contribution in [-0.2, 0) is 5.60 Å². The van der Waals surface area contributed by atoms with Crippen LogP contribution in [0, 0.1) is 5.82 Å². The number of aliphatic hydroxyl groups is 1. The molecule has 1 nitrogen and oxygen atoms in total. The van der Waals surface area contributed by atoms with Gasteiger partial charge in [-0.3, -0.25) is 0 Å². The third-order valence-electron chi connectivity index (χ3n) is 3.13. The maximum Gasteiger partial charge on any atom is 0.425 e. The minimum Gasteiger partial charge on any atom is -0.373 e. The van der Waals surface area contributed by atoms with Crippen LogP contribution in [0.1, 0.15) is 11.1 Å². The van der Waals surface area contributed by atoms with Gasteiger partial charge in [0.1, 0.15) is 5.82 Å². The van der Waals surface area contributed by atoms with E-state index in [4.69, 9.17) is 11.6 Å². The summed E-state index contributed by atoms with van der Waals surface area (Å²) in [5.41, 5.74) is -3.70. The fraction of sp³-hybridized carbons (Fsp3) is 0.125. The van der Waals surface area contributed by atoms with Crippen molar-refractivity contribution in [3.63, 3.8) is 0 Å². The summed E-state index contributed by atoms with van der Waals surface area (Å²) in [7, 11) is 0. The summed E-state index contributed by atoms with van der Waals surface area (Å²) in [6.45, 7) is 0. The molecule has 0 spiro atoms. The van der Waals surface area contributed by atoms with Crippen molar-refractivity contribution in [2.45, 2.75) is 11.8 Å². The SMILES string of the molecule is OC(C=Cc1ccccc1F)(c1ccc(Cl)cc1)C(F)(F)F. The van der Waals surface area contributed by atoms with Crippen LogP contribution in [0.15, 0.2) is 54.6 Å². The van der Waals surface area contributed by atoms with Crippen molar-refractivity contribution in [1.29, 1.82) is 0 Å². The number of halogens is 5. The smallest absolute Gasteiger partial charge is 0.373 e. The molecule has 0 bridgehead atoms. The normalized spacial score (nSPS) is 15.0. The molecule has 1 N–H and O–H groups in total. The molecule has 2 aromatic carbocycles. The third-order valence-corrected chi connectivity index (χ3v) is 3.38. The van der Waals surface area contributed by atoms with E-state index in [1.165, 1.54) is 30.3 Å². The molecule has 2 rings (SSSR count). The molecule has 0 aliphatic carbocycles. The fourth-order valence-electron chi connectivity index (χ4n) is 1.88. The van der Waals surface area contributed by atoms with Crippen molar-refractivity contribution in [3.05, 3.63) is 76.6 Å². The van der Waals surface area contributed by atoms with Crippen molar-refractivity contribution in [2.75, 3.05) is 0 Å². The molecule has 0 saturated heterocycles. The maximum absolute atomic E-state index is 13.5. The minimum absolute atomic E-state index is 0.0564. The molecule has 0 aliphatic rings. The summed E-state index contributed by atoms with van der Waals surface area (Å²) in [6, 6.07) is 9.96. The Kier molecular flexibility index (Phi) is 4.58. The van der Waals surface area contributed by atoms with Gasteiger partial charge in [0.05, 0.1) is 0 Å². The van der Waals surface area contributed by atoms with Gasteiger partial charge in [0, 0.05) is 10.6 Å². The standard InChI is InChI=1S/C16H11ClF4O/c17-13-7-5-12(6-8-13)15(22,16(19,20)21)10-9-11-3-1-2-4-14(11)18/h1-10,22H. The first-order valence-corrected chi connectivity index (χ1v) is 6.61. The first-order chi connectivity index (χ1) is 10.2. The van der Waals surface area contributed by atoms with Crippen LogP contribution < -0.4 is 0 Å². The molecule has 0 amide bonds. The van der Waals surface area contributed by atoms with E-state index in [-0.39, 0.29) is 10.6 Å². The highest BCUT2D eigenvalue weighted by Crippen LogP contribution is 2.40. The molecule has 6 heteroatoms. The second-order valence-electron chi connectivity index (χ2n) is 4.63. The Labute approximate surface area is 129 Å². The molecule has 0 saturated carbocycles. The van der Waals surface area contributed by atoms with Crippen LogP contribution in [0.5, 0.6) is 0 Å². The van der Waals surface area contributed by atoms with Crippen LogP contribution in [-0.4, -0.2) is 11.3 Å². The van der Waals surface area contributed by atoms with Crippen molar-refractivity contribution in [2.24, 2.45) is 0 Å². The lowest BCUT2D eigenvalue weighted by atomic mass is 9.92. The topological polar surface area (TPSA) is 20.2 Å². The molecular formula is C16H11ClF4O. The third kappa shape index (κ3) is 3.31. The average Bonchev–Trinajstić information content (AvgIpc) is 2.45. The fourth-order valence-corrected chi connectivity index (χ4v) is 2.00. The Balaban J connectivity index is 2.47. The first-order valence-electron chi connectivity index (χ1n) is 6.23. The van der Waals surface area contributed by atoms with E-state index in [0.29, 0.717) is 6.08 Å². The zero-order valence-corrected chi connectivity index (χ0v) is 11.9. The van der Waals surface area contributed by atoms with Gasteiger partial charge in [-0.2, -0.15) is 13.2 Å². The summed E-state index contributed by atoms with van der Waals surface area (Å²) in [5.74, 6) is -0.681. The van der Waals surface area contributed by atoms with Gasteiger partial charge in [-0.25, -0.2) is 4.39 Å². The second-order valence-corrected chi connectivity index (χ2v) is 5.06. The van der Waals surface area contributed by atoms with Gasteiger partial charge in [-0.1, -0.05) is 48.0 Å². The first kappa shape index (κ1) is 16.5. The van der Waals surface area contributed by atoms with Crippen molar-refractivity contribution in [3.8, 4) is 0 Å². The van der Waals surface area contributed by atoms with Crippen LogP contribution >= 0.6 is 11.6 Å². The van der Waals surface area contributed by atoms with Crippen LogP contribution in [0.25, 0.3) is 6.08 Å². The van der Waals surface area contributed by atoms with Crippen LogP contribution in [0.3, 0.4) is 0 Å². The second kappa shape index (κ2) is 6.10. The molecule has 1 atom stereocenters. The quantitative estimate of drug-likeness (QED) is 0.790. The van der Waals surface area contributed by atoms with Gasteiger partial charge in [-0.15, -0.1) is 0 Å². The van der Waals surface area contributed by atoms with E-state index in [0.717, 1.165) is 24.3 Å². The summed E-state index contributed by atoms with van der Waals surface area (Å²) >= 11 is 5.64. The Morgan fingerprint density at radius 2 is 1.55 bits per heavy atom. The molecule has 22 heavy (non-hydrogen) atoms. The zero-order valence-electron chi connectivity index (χ0n) is 11.1. The van der Waals surface area contributed by atoms with Gasteiger partial charge in [0.2, 0.25) is 5.60 Å². The van der Waals surface area contributed by atoms with Gasteiger partial charge >= 0.3 is 6.18 Å².